The molecule has 0 fully saturated rings. The number of anilines is 1. The third kappa shape index (κ3) is 9.24. The summed E-state index contributed by atoms with van der Waals surface area (Å²) in [5.74, 6) is -0.112. The van der Waals surface area contributed by atoms with Crippen molar-refractivity contribution in [1.29, 1.82) is 0 Å². The number of amides is 2. The van der Waals surface area contributed by atoms with Crippen LogP contribution in [0.2, 0.25) is 0 Å². The minimum atomic E-state index is -3.53. The van der Waals surface area contributed by atoms with Crippen molar-refractivity contribution in [1.82, 2.24) is 10.2 Å². The van der Waals surface area contributed by atoms with E-state index in [4.69, 9.17) is 0 Å². The van der Waals surface area contributed by atoms with Crippen molar-refractivity contribution in [2.75, 3.05) is 23.7 Å². The molecule has 0 saturated carbocycles. The van der Waals surface area contributed by atoms with E-state index in [1.54, 1.807) is 11.8 Å². The zero-order valence-electron chi connectivity index (χ0n) is 22.0. The molecule has 36 heavy (non-hydrogen) atoms. The Morgan fingerprint density at radius 2 is 1.67 bits per heavy atom. The van der Waals surface area contributed by atoms with Gasteiger partial charge in [-0.05, 0) is 74.1 Å². The van der Waals surface area contributed by atoms with Crippen LogP contribution in [0.5, 0.6) is 0 Å². The number of sulfonamides is 1. The predicted molar refractivity (Wildman–Crippen MR) is 149 cm³/mol. The molecule has 9 heteroatoms. The number of aryl methyl sites for hydroxylation is 2. The van der Waals surface area contributed by atoms with Gasteiger partial charge in [-0.15, -0.1) is 0 Å². The second kappa shape index (κ2) is 13.2. The van der Waals surface area contributed by atoms with Crippen LogP contribution < -0.4 is 9.62 Å². The Morgan fingerprint density at radius 3 is 2.22 bits per heavy atom. The molecule has 0 saturated heterocycles. The molecule has 0 spiro atoms. The summed E-state index contributed by atoms with van der Waals surface area (Å²) in [6, 6.07) is 12.6. The smallest absolute Gasteiger partial charge is 0.242 e. The Hall–Kier alpha value is -2.39. The van der Waals surface area contributed by atoms with Gasteiger partial charge < -0.3 is 10.2 Å². The average Bonchev–Trinajstić information content (AvgIpc) is 2.76. The number of carbonyl (C=O) groups is 2. The van der Waals surface area contributed by atoms with E-state index in [0.29, 0.717) is 24.6 Å². The van der Waals surface area contributed by atoms with Crippen molar-refractivity contribution in [3.8, 4) is 0 Å². The van der Waals surface area contributed by atoms with E-state index in [2.05, 4.69) is 21.2 Å². The molecule has 1 atom stereocenters. The molecule has 0 radical (unpaired) electrons. The third-order valence-corrected chi connectivity index (χ3v) is 7.43. The average molecular weight is 581 g/mol. The van der Waals surface area contributed by atoms with Gasteiger partial charge in [-0.3, -0.25) is 13.9 Å². The molecule has 0 heterocycles. The van der Waals surface area contributed by atoms with Crippen LogP contribution in [0.1, 0.15) is 50.3 Å². The van der Waals surface area contributed by atoms with Gasteiger partial charge in [0.05, 0.1) is 11.9 Å². The zero-order chi connectivity index (χ0) is 27.0. The van der Waals surface area contributed by atoms with Gasteiger partial charge in [0.2, 0.25) is 21.8 Å². The maximum atomic E-state index is 13.4. The van der Waals surface area contributed by atoms with Crippen LogP contribution in [-0.2, 0) is 26.2 Å². The maximum Gasteiger partial charge on any atom is 0.242 e. The Kier molecular flexibility index (Phi) is 11.0. The van der Waals surface area contributed by atoms with E-state index >= 15 is 0 Å². The van der Waals surface area contributed by atoms with Crippen molar-refractivity contribution in [2.45, 2.75) is 60.0 Å². The maximum absolute atomic E-state index is 13.4. The molecule has 2 amide bonds. The quantitative estimate of drug-likeness (QED) is 0.391. The SMILES string of the molecule is Cc1cc(C)cc(N(CCCC(=O)N(Cc2cccc(Br)c2)C(C)C(=O)NCC(C)C)S(C)(=O)=O)c1. The van der Waals surface area contributed by atoms with Crippen molar-refractivity contribution >= 4 is 43.5 Å². The van der Waals surface area contributed by atoms with E-state index < -0.39 is 16.1 Å². The molecule has 1 unspecified atom stereocenters. The fourth-order valence-electron chi connectivity index (χ4n) is 3.97. The first-order valence-electron chi connectivity index (χ1n) is 12.2. The molecule has 198 valence electrons. The third-order valence-electron chi connectivity index (χ3n) is 5.74. The molecule has 1 N–H and O–H groups in total. The predicted octanol–water partition coefficient (Wildman–Crippen LogP) is 4.80. The van der Waals surface area contributed by atoms with Crippen LogP contribution in [0.4, 0.5) is 5.69 Å². The largest absolute Gasteiger partial charge is 0.354 e. The molecule has 0 aliphatic carbocycles. The van der Waals surface area contributed by atoms with Crippen LogP contribution in [0.15, 0.2) is 46.9 Å². The number of nitrogens with zero attached hydrogens (tertiary/aromatic N) is 2. The van der Waals surface area contributed by atoms with Gasteiger partial charge in [0, 0.05) is 30.5 Å². The highest BCUT2D eigenvalue weighted by Gasteiger charge is 2.27. The normalized spacial score (nSPS) is 12.3. The van der Waals surface area contributed by atoms with Crippen LogP contribution in [0, 0.1) is 19.8 Å². The summed E-state index contributed by atoms with van der Waals surface area (Å²) in [4.78, 5) is 27.7. The lowest BCUT2D eigenvalue weighted by atomic mass is 10.1. The van der Waals surface area contributed by atoms with E-state index in [1.807, 2.05) is 70.2 Å². The molecule has 2 aromatic rings. The lowest BCUT2D eigenvalue weighted by Crippen LogP contribution is -2.48. The monoisotopic (exact) mass is 579 g/mol. The number of hydrogen-bond donors (Lipinski definition) is 1. The second-order valence-electron chi connectivity index (χ2n) is 9.75. The Morgan fingerprint density at radius 1 is 1.03 bits per heavy atom. The molecular weight excluding hydrogens is 542 g/mol. The Labute approximate surface area is 224 Å². The van der Waals surface area contributed by atoms with Crippen molar-refractivity contribution in [2.24, 2.45) is 5.92 Å². The van der Waals surface area contributed by atoms with Gasteiger partial charge >= 0.3 is 0 Å². The molecule has 0 aliphatic rings. The standard InChI is InChI=1S/C27H38BrN3O4S/c1-19(2)17-29-27(33)22(5)30(18-23-9-7-10-24(28)16-23)26(32)11-8-12-31(36(6,34)35)25-14-20(3)13-21(4)15-25/h7,9-10,13-16,19,22H,8,11-12,17-18H2,1-6H3,(H,29,33). The number of rotatable bonds is 12. The molecule has 2 aromatic carbocycles. The summed E-state index contributed by atoms with van der Waals surface area (Å²) in [5, 5.41) is 2.91. The lowest BCUT2D eigenvalue weighted by Gasteiger charge is -2.30. The zero-order valence-corrected chi connectivity index (χ0v) is 24.4. The van der Waals surface area contributed by atoms with Crippen molar-refractivity contribution in [3.63, 3.8) is 0 Å². The molecule has 2 rings (SSSR count). The highest BCUT2D eigenvalue weighted by Crippen LogP contribution is 2.22. The number of benzene rings is 2. The van der Waals surface area contributed by atoms with E-state index in [9.17, 15) is 18.0 Å². The fraction of sp³-hybridized carbons (Fsp3) is 0.481. The summed E-state index contributed by atoms with van der Waals surface area (Å²) >= 11 is 3.46. The van der Waals surface area contributed by atoms with E-state index in [1.165, 1.54) is 10.6 Å². The summed E-state index contributed by atoms with van der Waals surface area (Å²) in [6.07, 6.45) is 1.62. The van der Waals surface area contributed by atoms with Gasteiger partial charge in [0.15, 0.2) is 0 Å². The topological polar surface area (TPSA) is 86.8 Å². The highest BCUT2D eigenvalue weighted by atomic mass is 79.9. The number of nitrogens with one attached hydrogen (secondary N) is 1. The molecule has 0 aromatic heterocycles. The number of hydrogen-bond acceptors (Lipinski definition) is 4. The first-order valence-corrected chi connectivity index (χ1v) is 14.8. The minimum absolute atomic E-state index is 0.118. The molecule has 7 nitrogen and oxygen atoms in total. The molecule has 0 bridgehead atoms. The first kappa shape index (κ1) is 29.8. The van der Waals surface area contributed by atoms with Crippen LogP contribution >= 0.6 is 15.9 Å². The van der Waals surface area contributed by atoms with Crippen LogP contribution in [-0.4, -0.2) is 50.5 Å². The Bertz CT molecular complexity index is 1150. The molecule has 0 aliphatic heterocycles. The van der Waals surface area contributed by atoms with Gasteiger partial charge in [0.1, 0.15) is 6.04 Å². The van der Waals surface area contributed by atoms with Gasteiger partial charge in [-0.2, -0.15) is 0 Å². The number of halogens is 1. The summed E-state index contributed by atoms with van der Waals surface area (Å²) in [5.41, 5.74) is 3.43. The van der Waals surface area contributed by atoms with Gasteiger partial charge in [0.25, 0.3) is 0 Å². The van der Waals surface area contributed by atoms with Gasteiger partial charge in [-0.25, -0.2) is 8.42 Å². The highest BCUT2D eigenvalue weighted by molar-refractivity contribution is 9.10. The molecular formula is C27H38BrN3O4S. The van der Waals surface area contributed by atoms with Crippen molar-refractivity contribution < 1.29 is 18.0 Å². The summed E-state index contributed by atoms with van der Waals surface area (Å²) in [6.45, 7) is 10.6. The fourth-order valence-corrected chi connectivity index (χ4v) is 5.36. The second-order valence-corrected chi connectivity index (χ2v) is 12.6. The van der Waals surface area contributed by atoms with E-state index in [0.717, 1.165) is 21.2 Å². The number of carbonyl (C=O) groups excluding carboxylic acids is 2. The first-order chi connectivity index (χ1) is 16.8. The van der Waals surface area contributed by atoms with Crippen molar-refractivity contribution in [3.05, 3.63) is 63.6 Å². The lowest BCUT2D eigenvalue weighted by molar-refractivity contribution is -0.140. The Balaban J connectivity index is 2.18. The summed E-state index contributed by atoms with van der Waals surface area (Å²) in [7, 11) is -3.53. The van der Waals surface area contributed by atoms with Gasteiger partial charge in [-0.1, -0.05) is 48.0 Å². The summed E-state index contributed by atoms with van der Waals surface area (Å²) < 4.78 is 27.3. The van der Waals surface area contributed by atoms with Crippen LogP contribution in [0.25, 0.3) is 0 Å². The van der Waals surface area contributed by atoms with Crippen LogP contribution in [0.3, 0.4) is 0 Å². The minimum Gasteiger partial charge on any atom is -0.354 e. The van der Waals surface area contributed by atoms with E-state index in [-0.39, 0.29) is 31.3 Å².